The fourth-order valence-electron chi connectivity index (χ4n) is 2.95. The van der Waals surface area contributed by atoms with Crippen molar-refractivity contribution in [3.8, 4) is 0 Å². The third kappa shape index (κ3) is 3.91. The molecule has 27 heavy (non-hydrogen) atoms. The topological polar surface area (TPSA) is 44.7 Å². The van der Waals surface area contributed by atoms with Crippen molar-refractivity contribution in [1.82, 2.24) is 5.01 Å². The summed E-state index contributed by atoms with van der Waals surface area (Å²) in [4.78, 5) is 14.9. The number of benzene rings is 1. The Labute approximate surface area is 162 Å². The molecule has 8 heteroatoms. The van der Waals surface area contributed by atoms with Crippen molar-refractivity contribution in [3.05, 3.63) is 74.6 Å². The Morgan fingerprint density at radius 1 is 1.15 bits per heavy atom. The lowest BCUT2D eigenvalue weighted by molar-refractivity contribution is -0.131. The van der Waals surface area contributed by atoms with Gasteiger partial charge in [-0.25, -0.2) is 13.8 Å². The molecular weight excluding hydrogens is 388 g/mol. The fraction of sp³-hybridized carbons (Fsp3) is 0.158. The largest absolute Gasteiger partial charge is 0.376 e. The summed E-state index contributed by atoms with van der Waals surface area (Å²) in [6.07, 6.45) is 0.640. The Hall–Kier alpha value is -2.58. The third-order valence-corrected chi connectivity index (χ3v) is 6.04. The van der Waals surface area contributed by atoms with Gasteiger partial charge in [0.1, 0.15) is 11.6 Å². The van der Waals surface area contributed by atoms with Crippen molar-refractivity contribution >= 4 is 40.0 Å². The number of hydrogen-bond acceptors (Lipinski definition) is 5. The van der Waals surface area contributed by atoms with Gasteiger partial charge < -0.3 is 5.32 Å². The van der Waals surface area contributed by atoms with Crippen LogP contribution in [0.3, 0.4) is 0 Å². The van der Waals surface area contributed by atoms with Gasteiger partial charge in [0.25, 0.3) is 5.91 Å². The van der Waals surface area contributed by atoms with Crippen molar-refractivity contribution < 1.29 is 13.6 Å². The lowest BCUT2D eigenvalue weighted by Gasteiger charge is -2.21. The van der Waals surface area contributed by atoms with Crippen LogP contribution in [0.1, 0.15) is 22.2 Å². The maximum atomic E-state index is 13.3. The predicted octanol–water partition coefficient (Wildman–Crippen LogP) is 4.88. The quantitative estimate of drug-likeness (QED) is 0.660. The third-order valence-electron chi connectivity index (χ3n) is 4.15. The van der Waals surface area contributed by atoms with Crippen molar-refractivity contribution in [1.29, 1.82) is 0 Å². The van der Waals surface area contributed by atoms with E-state index in [0.29, 0.717) is 6.42 Å². The first-order chi connectivity index (χ1) is 13.1. The number of hydrazone groups is 1. The molecule has 1 unspecified atom stereocenters. The molecule has 0 radical (unpaired) electrons. The van der Waals surface area contributed by atoms with Crippen molar-refractivity contribution in [3.63, 3.8) is 0 Å². The molecule has 0 saturated heterocycles. The summed E-state index contributed by atoms with van der Waals surface area (Å²) < 4.78 is 26.6. The lowest BCUT2D eigenvalue weighted by atomic mass is 10.1. The van der Waals surface area contributed by atoms with E-state index >= 15 is 0 Å². The van der Waals surface area contributed by atoms with Gasteiger partial charge in [-0.3, -0.25) is 4.79 Å². The molecule has 1 aliphatic heterocycles. The van der Waals surface area contributed by atoms with E-state index in [0.717, 1.165) is 33.7 Å². The standard InChI is InChI=1S/C19H15F2N3OS2/c20-12-7-13(21)9-14(8-12)22-11-19(25)24-16(18-4-2-6-27-18)10-15(23-24)17-3-1-5-26-17/h1-9,16,22H,10-11H2. The minimum atomic E-state index is -0.694. The van der Waals surface area contributed by atoms with Crippen LogP contribution in [0, 0.1) is 11.6 Å². The monoisotopic (exact) mass is 403 g/mol. The van der Waals surface area contributed by atoms with E-state index in [1.165, 1.54) is 5.01 Å². The number of anilines is 1. The maximum absolute atomic E-state index is 13.3. The normalized spacial score (nSPS) is 16.4. The zero-order chi connectivity index (χ0) is 18.8. The minimum absolute atomic E-state index is 0.105. The van der Waals surface area contributed by atoms with Gasteiger partial charge in [-0.05, 0) is 35.0 Å². The summed E-state index contributed by atoms with van der Waals surface area (Å²) in [5, 5.41) is 12.7. The second-order valence-electron chi connectivity index (χ2n) is 6.01. The van der Waals surface area contributed by atoms with Crippen LogP contribution < -0.4 is 5.32 Å². The van der Waals surface area contributed by atoms with E-state index in [2.05, 4.69) is 10.4 Å². The molecule has 0 saturated carbocycles. The van der Waals surface area contributed by atoms with Crippen LogP contribution in [0.5, 0.6) is 0 Å². The van der Waals surface area contributed by atoms with Crippen molar-refractivity contribution in [2.45, 2.75) is 12.5 Å². The molecule has 4 rings (SSSR count). The zero-order valence-electron chi connectivity index (χ0n) is 14.1. The summed E-state index contributed by atoms with van der Waals surface area (Å²) in [5.74, 6) is -1.65. The number of nitrogens with one attached hydrogen (secondary N) is 1. The molecule has 0 fully saturated rings. The van der Waals surface area contributed by atoms with Gasteiger partial charge in [-0.15, -0.1) is 22.7 Å². The highest BCUT2D eigenvalue weighted by molar-refractivity contribution is 7.12. The van der Waals surface area contributed by atoms with Gasteiger partial charge in [0.2, 0.25) is 0 Å². The maximum Gasteiger partial charge on any atom is 0.262 e. The molecule has 1 amide bonds. The first-order valence-electron chi connectivity index (χ1n) is 8.27. The fourth-order valence-corrected chi connectivity index (χ4v) is 4.48. The van der Waals surface area contributed by atoms with Gasteiger partial charge >= 0.3 is 0 Å². The Morgan fingerprint density at radius 3 is 2.56 bits per heavy atom. The number of halogens is 2. The van der Waals surface area contributed by atoms with E-state index < -0.39 is 11.6 Å². The number of hydrogen-bond donors (Lipinski definition) is 1. The Bertz CT molecular complexity index is 951. The van der Waals surface area contributed by atoms with Crippen LogP contribution in [0.2, 0.25) is 0 Å². The molecule has 2 aromatic heterocycles. The van der Waals surface area contributed by atoms with E-state index in [1.807, 2.05) is 35.0 Å². The molecule has 1 aromatic carbocycles. The molecule has 1 atom stereocenters. The zero-order valence-corrected chi connectivity index (χ0v) is 15.7. The molecule has 0 aliphatic carbocycles. The number of carbonyl (C=O) groups excluding carboxylic acids is 1. The van der Waals surface area contributed by atoms with E-state index in [-0.39, 0.29) is 24.2 Å². The highest BCUT2D eigenvalue weighted by atomic mass is 32.1. The number of amides is 1. The molecule has 0 spiro atoms. The first kappa shape index (κ1) is 17.8. The minimum Gasteiger partial charge on any atom is -0.376 e. The average molecular weight is 403 g/mol. The summed E-state index contributed by atoms with van der Waals surface area (Å²) in [5.41, 5.74) is 1.09. The van der Waals surface area contributed by atoms with Crippen molar-refractivity contribution in [2.75, 3.05) is 11.9 Å². The van der Waals surface area contributed by atoms with Gasteiger partial charge in [-0.2, -0.15) is 5.10 Å². The Balaban J connectivity index is 1.53. The molecule has 4 nitrogen and oxygen atoms in total. The molecule has 1 N–H and O–H groups in total. The average Bonchev–Trinajstić information content (AvgIpc) is 3.39. The predicted molar refractivity (Wildman–Crippen MR) is 104 cm³/mol. The van der Waals surface area contributed by atoms with E-state index in [1.54, 1.807) is 22.7 Å². The second-order valence-corrected chi connectivity index (χ2v) is 7.94. The van der Waals surface area contributed by atoms with Crippen LogP contribution in [0.4, 0.5) is 14.5 Å². The summed E-state index contributed by atoms with van der Waals surface area (Å²) in [6.45, 7) is -0.105. The smallest absolute Gasteiger partial charge is 0.262 e. The van der Waals surface area contributed by atoms with Crippen LogP contribution in [0.25, 0.3) is 0 Å². The summed E-state index contributed by atoms with van der Waals surface area (Å²) in [7, 11) is 0. The molecule has 3 aromatic rings. The molecule has 1 aliphatic rings. The summed E-state index contributed by atoms with van der Waals surface area (Å²) in [6, 6.07) is 10.8. The summed E-state index contributed by atoms with van der Waals surface area (Å²) >= 11 is 3.16. The van der Waals surface area contributed by atoms with Crippen LogP contribution in [-0.2, 0) is 4.79 Å². The van der Waals surface area contributed by atoms with E-state index in [9.17, 15) is 13.6 Å². The molecular formula is C19H15F2N3OS2. The van der Waals surface area contributed by atoms with Crippen molar-refractivity contribution in [2.24, 2.45) is 5.10 Å². The Kier molecular flexibility index (Phi) is 5.00. The highest BCUT2D eigenvalue weighted by Gasteiger charge is 2.33. The van der Waals surface area contributed by atoms with Crippen LogP contribution in [0.15, 0.2) is 58.3 Å². The van der Waals surface area contributed by atoms with Crippen LogP contribution in [-0.4, -0.2) is 23.2 Å². The van der Waals surface area contributed by atoms with Gasteiger partial charge in [0.05, 0.1) is 23.2 Å². The van der Waals surface area contributed by atoms with E-state index in [4.69, 9.17) is 0 Å². The molecule has 138 valence electrons. The highest BCUT2D eigenvalue weighted by Crippen LogP contribution is 2.35. The number of thiophene rings is 2. The lowest BCUT2D eigenvalue weighted by Crippen LogP contribution is -2.32. The van der Waals surface area contributed by atoms with Crippen LogP contribution >= 0.6 is 22.7 Å². The van der Waals surface area contributed by atoms with Gasteiger partial charge in [0, 0.05) is 23.1 Å². The van der Waals surface area contributed by atoms with Gasteiger partial charge in [-0.1, -0.05) is 12.1 Å². The molecule has 3 heterocycles. The number of rotatable bonds is 5. The van der Waals surface area contributed by atoms with Gasteiger partial charge in [0.15, 0.2) is 0 Å². The SMILES string of the molecule is O=C(CNc1cc(F)cc(F)c1)N1N=C(c2cccs2)CC1c1cccs1. The number of carbonyl (C=O) groups is 1. The Morgan fingerprint density at radius 2 is 1.89 bits per heavy atom. The number of nitrogens with zero attached hydrogens (tertiary/aromatic N) is 2. The molecule has 0 bridgehead atoms. The second kappa shape index (κ2) is 7.58. The first-order valence-corrected chi connectivity index (χ1v) is 10.0.